The number of carbonyl (C=O) groups excluding carboxylic acids is 2. The first kappa shape index (κ1) is 16.0. The smallest absolute Gasteiger partial charge is 0.246 e. The molecule has 0 aromatic carbocycles. The average Bonchev–Trinajstić information content (AvgIpc) is 2.93. The van der Waals surface area contributed by atoms with Crippen molar-refractivity contribution in [2.45, 2.75) is 45.2 Å². The van der Waals surface area contributed by atoms with Crippen LogP contribution >= 0.6 is 0 Å². The maximum absolute atomic E-state index is 12.6. The number of amides is 2. The molecule has 21 heavy (non-hydrogen) atoms. The second-order valence-corrected chi connectivity index (χ2v) is 6.10. The van der Waals surface area contributed by atoms with E-state index < -0.39 is 0 Å². The molecule has 2 atom stereocenters. The van der Waals surface area contributed by atoms with Crippen molar-refractivity contribution >= 4 is 11.8 Å². The van der Waals surface area contributed by atoms with Gasteiger partial charge in [0.1, 0.15) is 12.1 Å². The molecule has 2 fully saturated rings. The van der Waals surface area contributed by atoms with Gasteiger partial charge < -0.3 is 14.5 Å². The molecule has 0 radical (unpaired) electrons. The number of fused-ring (bicyclic) bond motifs is 1. The van der Waals surface area contributed by atoms with Crippen LogP contribution in [0.4, 0.5) is 0 Å². The number of ether oxygens (including phenoxy) is 1. The first-order valence-corrected chi connectivity index (χ1v) is 7.87. The van der Waals surface area contributed by atoms with Gasteiger partial charge in [0, 0.05) is 13.1 Å². The molecular formula is C16H26N2O3. The SMILES string of the molecule is C=CCCOCCN1C(=O)C2CCCN2C(=O)C1C(C)C. The molecule has 2 amide bonds. The summed E-state index contributed by atoms with van der Waals surface area (Å²) in [5, 5.41) is 0. The molecule has 0 aromatic rings. The molecule has 2 aliphatic rings. The van der Waals surface area contributed by atoms with Crippen LogP contribution in [0, 0.1) is 5.92 Å². The maximum Gasteiger partial charge on any atom is 0.246 e. The van der Waals surface area contributed by atoms with Crippen molar-refractivity contribution in [1.29, 1.82) is 0 Å². The van der Waals surface area contributed by atoms with E-state index in [1.54, 1.807) is 9.80 Å². The van der Waals surface area contributed by atoms with Gasteiger partial charge in [-0.1, -0.05) is 19.9 Å². The summed E-state index contributed by atoms with van der Waals surface area (Å²) in [6.07, 6.45) is 4.33. The molecule has 2 heterocycles. The van der Waals surface area contributed by atoms with E-state index in [0.717, 1.165) is 25.8 Å². The monoisotopic (exact) mass is 294 g/mol. The quantitative estimate of drug-likeness (QED) is 0.527. The lowest BCUT2D eigenvalue weighted by Gasteiger charge is -2.44. The topological polar surface area (TPSA) is 49.9 Å². The molecular weight excluding hydrogens is 268 g/mol. The third-order valence-electron chi connectivity index (χ3n) is 4.27. The van der Waals surface area contributed by atoms with Crippen LogP contribution in [0.1, 0.15) is 33.1 Å². The van der Waals surface area contributed by atoms with E-state index >= 15 is 0 Å². The molecule has 0 aliphatic carbocycles. The number of piperazine rings is 1. The predicted octanol–water partition coefficient (Wildman–Crippen LogP) is 1.44. The van der Waals surface area contributed by atoms with Gasteiger partial charge in [-0.3, -0.25) is 9.59 Å². The van der Waals surface area contributed by atoms with Gasteiger partial charge in [-0.25, -0.2) is 0 Å². The van der Waals surface area contributed by atoms with Crippen molar-refractivity contribution in [2.24, 2.45) is 5.92 Å². The maximum atomic E-state index is 12.6. The summed E-state index contributed by atoms with van der Waals surface area (Å²) < 4.78 is 5.51. The number of carbonyl (C=O) groups is 2. The van der Waals surface area contributed by atoms with Crippen molar-refractivity contribution in [2.75, 3.05) is 26.3 Å². The Labute approximate surface area is 126 Å². The van der Waals surface area contributed by atoms with E-state index in [1.165, 1.54) is 0 Å². The third kappa shape index (κ3) is 3.28. The van der Waals surface area contributed by atoms with Gasteiger partial charge in [0.05, 0.1) is 13.2 Å². The van der Waals surface area contributed by atoms with Crippen molar-refractivity contribution in [3.8, 4) is 0 Å². The Morgan fingerprint density at radius 1 is 1.33 bits per heavy atom. The van der Waals surface area contributed by atoms with E-state index in [2.05, 4.69) is 6.58 Å². The summed E-state index contributed by atoms with van der Waals surface area (Å²) in [6.45, 7) is 9.95. The van der Waals surface area contributed by atoms with Gasteiger partial charge >= 0.3 is 0 Å². The summed E-state index contributed by atoms with van der Waals surface area (Å²) >= 11 is 0. The van der Waals surface area contributed by atoms with Crippen LogP contribution in [-0.2, 0) is 14.3 Å². The first-order chi connectivity index (χ1) is 10.1. The van der Waals surface area contributed by atoms with Crippen LogP contribution in [0.5, 0.6) is 0 Å². The predicted molar refractivity (Wildman–Crippen MR) is 80.7 cm³/mol. The van der Waals surface area contributed by atoms with Crippen LogP contribution in [0.3, 0.4) is 0 Å². The zero-order valence-corrected chi connectivity index (χ0v) is 13.1. The molecule has 2 rings (SSSR count). The fourth-order valence-corrected chi connectivity index (χ4v) is 3.24. The minimum Gasteiger partial charge on any atom is -0.379 e. The Balaban J connectivity index is 2.02. The molecule has 5 nitrogen and oxygen atoms in total. The molecule has 2 saturated heterocycles. The minimum atomic E-state index is -0.338. The first-order valence-electron chi connectivity index (χ1n) is 7.87. The lowest BCUT2D eigenvalue weighted by Crippen LogP contribution is -2.64. The Morgan fingerprint density at radius 2 is 2.10 bits per heavy atom. The Kier molecular flexibility index (Phi) is 5.39. The van der Waals surface area contributed by atoms with Gasteiger partial charge in [-0.2, -0.15) is 0 Å². The Bertz CT molecular complexity index is 408. The summed E-state index contributed by atoms with van der Waals surface area (Å²) in [6, 6.07) is -0.574. The summed E-state index contributed by atoms with van der Waals surface area (Å²) in [5.41, 5.74) is 0. The molecule has 2 aliphatic heterocycles. The van der Waals surface area contributed by atoms with Crippen molar-refractivity contribution in [1.82, 2.24) is 9.80 Å². The van der Waals surface area contributed by atoms with Gasteiger partial charge in [0.2, 0.25) is 11.8 Å². The van der Waals surface area contributed by atoms with E-state index in [0.29, 0.717) is 19.8 Å². The van der Waals surface area contributed by atoms with Crippen molar-refractivity contribution in [3.05, 3.63) is 12.7 Å². The molecule has 0 bridgehead atoms. The van der Waals surface area contributed by atoms with E-state index in [4.69, 9.17) is 4.74 Å². The lowest BCUT2D eigenvalue weighted by molar-refractivity contribution is -0.162. The Hall–Kier alpha value is -1.36. The largest absolute Gasteiger partial charge is 0.379 e. The van der Waals surface area contributed by atoms with Crippen LogP contribution in [0.25, 0.3) is 0 Å². The van der Waals surface area contributed by atoms with Crippen LogP contribution in [0.2, 0.25) is 0 Å². The van der Waals surface area contributed by atoms with E-state index in [9.17, 15) is 9.59 Å². The van der Waals surface area contributed by atoms with E-state index in [1.807, 2.05) is 19.9 Å². The standard InChI is InChI=1S/C16H26N2O3/c1-4-5-10-21-11-9-18-14(12(2)3)16(20)17-8-6-7-13(17)15(18)19/h4,12-14H,1,5-11H2,2-3H3. The normalized spacial score (nSPS) is 25.7. The molecule has 2 unspecified atom stereocenters. The summed E-state index contributed by atoms with van der Waals surface area (Å²) in [4.78, 5) is 28.8. The Morgan fingerprint density at radius 3 is 2.76 bits per heavy atom. The zero-order chi connectivity index (χ0) is 15.4. The summed E-state index contributed by atoms with van der Waals surface area (Å²) in [5.74, 6) is 0.326. The number of hydrogen-bond donors (Lipinski definition) is 0. The van der Waals surface area contributed by atoms with Gasteiger partial charge in [0.15, 0.2) is 0 Å². The van der Waals surface area contributed by atoms with Crippen molar-refractivity contribution in [3.63, 3.8) is 0 Å². The molecule has 118 valence electrons. The number of nitrogens with zero attached hydrogens (tertiary/aromatic N) is 2. The van der Waals surface area contributed by atoms with Crippen LogP contribution in [0.15, 0.2) is 12.7 Å². The second kappa shape index (κ2) is 7.07. The van der Waals surface area contributed by atoms with Crippen LogP contribution in [-0.4, -0.2) is 60.0 Å². The highest BCUT2D eigenvalue weighted by Crippen LogP contribution is 2.29. The molecule has 0 saturated carbocycles. The molecule has 5 heteroatoms. The lowest BCUT2D eigenvalue weighted by atomic mass is 9.96. The average molecular weight is 294 g/mol. The highest BCUT2D eigenvalue weighted by Gasteiger charge is 2.48. The third-order valence-corrected chi connectivity index (χ3v) is 4.27. The highest BCUT2D eigenvalue weighted by atomic mass is 16.5. The number of rotatable bonds is 7. The van der Waals surface area contributed by atoms with E-state index in [-0.39, 0.29) is 29.8 Å². The van der Waals surface area contributed by atoms with Gasteiger partial charge in [0.25, 0.3) is 0 Å². The van der Waals surface area contributed by atoms with Gasteiger partial charge in [-0.05, 0) is 25.2 Å². The fraction of sp³-hybridized carbons (Fsp3) is 0.750. The number of hydrogen-bond acceptors (Lipinski definition) is 3. The minimum absolute atomic E-state index is 0.0955. The molecule has 0 aromatic heterocycles. The van der Waals surface area contributed by atoms with Gasteiger partial charge in [-0.15, -0.1) is 6.58 Å². The highest BCUT2D eigenvalue weighted by molar-refractivity contribution is 5.97. The summed E-state index contributed by atoms with van der Waals surface area (Å²) in [7, 11) is 0. The van der Waals surface area contributed by atoms with Crippen LogP contribution < -0.4 is 0 Å². The zero-order valence-electron chi connectivity index (χ0n) is 13.1. The second-order valence-electron chi connectivity index (χ2n) is 6.10. The molecule has 0 spiro atoms. The van der Waals surface area contributed by atoms with Crippen molar-refractivity contribution < 1.29 is 14.3 Å². The fourth-order valence-electron chi connectivity index (χ4n) is 3.24. The molecule has 0 N–H and O–H groups in total.